The van der Waals surface area contributed by atoms with Gasteiger partial charge in [0.05, 0.1) is 4.92 Å². The van der Waals surface area contributed by atoms with E-state index in [9.17, 15) is 18.5 Å². The summed E-state index contributed by atoms with van der Waals surface area (Å²) in [6, 6.07) is 1.58. The molecule has 0 bridgehead atoms. The minimum Gasteiger partial charge on any atom is -0.506 e. The van der Waals surface area contributed by atoms with Crippen LogP contribution in [0.1, 0.15) is 0 Å². The third-order valence-corrected chi connectivity index (χ3v) is 2.93. The highest BCUT2D eigenvalue weighted by Gasteiger charge is 2.29. The Hall–Kier alpha value is -1.38. The predicted molar refractivity (Wildman–Crippen MR) is 49.6 cm³/mol. The fourth-order valence-corrected chi connectivity index (χ4v) is 2.11. The van der Waals surface area contributed by atoms with E-state index in [4.69, 9.17) is 21.3 Å². The fourth-order valence-electron chi connectivity index (χ4n) is 0.925. The van der Waals surface area contributed by atoms with E-state index >= 15 is 0 Å². The van der Waals surface area contributed by atoms with Crippen LogP contribution in [-0.2, 0) is 10.1 Å². The standard InChI is InChI=1S/C6H4ClNO6S/c7-5-4(9)2-1-3(8(10)11)6(5)15(12,13)14/h1-2,9H,(H,12,13,14). The zero-order chi connectivity index (χ0) is 11.8. The summed E-state index contributed by atoms with van der Waals surface area (Å²) < 4.78 is 30.3. The molecule has 0 amide bonds. The summed E-state index contributed by atoms with van der Waals surface area (Å²) >= 11 is 5.33. The fraction of sp³-hybridized carbons (Fsp3) is 0. The molecule has 1 aromatic rings. The Kier molecular flexibility index (Phi) is 2.84. The lowest BCUT2D eigenvalue weighted by atomic mass is 10.3. The zero-order valence-electron chi connectivity index (χ0n) is 6.92. The molecule has 82 valence electrons. The lowest BCUT2D eigenvalue weighted by Gasteiger charge is -2.03. The second-order valence-electron chi connectivity index (χ2n) is 2.48. The molecule has 0 saturated carbocycles. The van der Waals surface area contributed by atoms with E-state index in [1.54, 1.807) is 0 Å². The molecular formula is C6H4ClNO6S. The van der Waals surface area contributed by atoms with Crippen molar-refractivity contribution in [3.05, 3.63) is 27.3 Å². The molecule has 1 rings (SSSR count). The number of nitro benzene ring substituents is 1. The average molecular weight is 254 g/mol. The van der Waals surface area contributed by atoms with E-state index in [0.29, 0.717) is 0 Å². The van der Waals surface area contributed by atoms with Crippen molar-refractivity contribution < 1.29 is 23.0 Å². The number of hydrogen-bond donors (Lipinski definition) is 2. The maximum atomic E-state index is 10.8. The van der Waals surface area contributed by atoms with Gasteiger partial charge in [-0.25, -0.2) is 0 Å². The van der Waals surface area contributed by atoms with Crippen LogP contribution in [0.4, 0.5) is 5.69 Å². The van der Waals surface area contributed by atoms with Crippen LogP contribution in [0.3, 0.4) is 0 Å². The molecule has 0 aliphatic rings. The number of benzene rings is 1. The number of nitro groups is 1. The van der Waals surface area contributed by atoms with Gasteiger partial charge in [-0.2, -0.15) is 8.42 Å². The molecule has 15 heavy (non-hydrogen) atoms. The number of rotatable bonds is 2. The first-order valence-electron chi connectivity index (χ1n) is 3.38. The number of nitrogens with zero attached hydrogens (tertiary/aromatic N) is 1. The highest BCUT2D eigenvalue weighted by Crippen LogP contribution is 2.36. The van der Waals surface area contributed by atoms with Gasteiger partial charge in [-0.1, -0.05) is 11.6 Å². The van der Waals surface area contributed by atoms with Crippen LogP contribution in [0.15, 0.2) is 17.0 Å². The maximum absolute atomic E-state index is 10.8. The van der Waals surface area contributed by atoms with E-state index in [0.717, 1.165) is 12.1 Å². The maximum Gasteiger partial charge on any atom is 0.303 e. The van der Waals surface area contributed by atoms with Crippen LogP contribution in [-0.4, -0.2) is 23.0 Å². The highest BCUT2D eigenvalue weighted by atomic mass is 35.5. The van der Waals surface area contributed by atoms with Gasteiger partial charge in [0.15, 0.2) is 4.90 Å². The molecule has 0 aliphatic heterocycles. The first kappa shape index (κ1) is 11.7. The normalized spacial score (nSPS) is 11.3. The smallest absolute Gasteiger partial charge is 0.303 e. The summed E-state index contributed by atoms with van der Waals surface area (Å²) in [5.41, 5.74) is -0.902. The van der Waals surface area contributed by atoms with Gasteiger partial charge in [0.2, 0.25) is 0 Å². The van der Waals surface area contributed by atoms with Gasteiger partial charge in [0.25, 0.3) is 5.69 Å². The Morgan fingerprint density at radius 1 is 1.40 bits per heavy atom. The summed E-state index contributed by atoms with van der Waals surface area (Å²) in [7, 11) is -4.87. The van der Waals surface area contributed by atoms with Crippen molar-refractivity contribution in [2.75, 3.05) is 0 Å². The Morgan fingerprint density at radius 2 is 1.93 bits per heavy atom. The van der Waals surface area contributed by atoms with Crippen LogP contribution >= 0.6 is 11.6 Å². The first-order chi connectivity index (χ1) is 6.75. The highest BCUT2D eigenvalue weighted by molar-refractivity contribution is 7.86. The lowest BCUT2D eigenvalue weighted by molar-refractivity contribution is -0.387. The molecule has 0 unspecified atom stereocenters. The quantitative estimate of drug-likeness (QED) is 0.464. The van der Waals surface area contributed by atoms with Crippen LogP contribution in [0, 0.1) is 10.1 Å². The summed E-state index contributed by atoms with van der Waals surface area (Å²) in [5, 5.41) is 18.7. The molecule has 2 N–H and O–H groups in total. The van der Waals surface area contributed by atoms with Crippen molar-refractivity contribution in [1.29, 1.82) is 0 Å². The minimum absolute atomic E-state index is 0.671. The van der Waals surface area contributed by atoms with E-state index in [-0.39, 0.29) is 0 Å². The summed E-state index contributed by atoms with van der Waals surface area (Å²) in [6.45, 7) is 0. The molecule has 0 fully saturated rings. The van der Waals surface area contributed by atoms with Crippen LogP contribution in [0.25, 0.3) is 0 Å². The average Bonchev–Trinajstić information content (AvgIpc) is 2.06. The van der Waals surface area contributed by atoms with E-state index in [2.05, 4.69) is 0 Å². The van der Waals surface area contributed by atoms with Crippen molar-refractivity contribution >= 4 is 27.4 Å². The lowest BCUT2D eigenvalue weighted by Crippen LogP contribution is -2.04. The molecular weight excluding hydrogens is 250 g/mol. The summed E-state index contributed by atoms with van der Waals surface area (Å²) in [5.74, 6) is -0.671. The summed E-state index contributed by atoms with van der Waals surface area (Å²) in [4.78, 5) is 8.27. The number of hydrogen-bond acceptors (Lipinski definition) is 5. The Balaban J connectivity index is 3.72. The Bertz CT molecular complexity index is 525. The van der Waals surface area contributed by atoms with Gasteiger partial charge in [-0.3, -0.25) is 14.7 Å². The molecule has 0 spiro atoms. The molecule has 9 heteroatoms. The van der Waals surface area contributed by atoms with Crippen molar-refractivity contribution in [2.24, 2.45) is 0 Å². The predicted octanol–water partition coefficient (Wildman–Crippen LogP) is 1.20. The second kappa shape index (κ2) is 3.65. The molecule has 0 heterocycles. The minimum atomic E-state index is -4.87. The first-order valence-corrected chi connectivity index (χ1v) is 5.20. The van der Waals surface area contributed by atoms with Crippen molar-refractivity contribution in [3.8, 4) is 5.75 Å². The molecule has 0 atom stereocenters. The number of halogens is 1. The molecule has 0 aromatic heterocycles. The van der Waals surface area contributed by atoms with Gasteiger partial charge < -0.3 is 5.11 Å². The topological polar surface area (TPSA) is 118 Å². The van der Waals surface area contributed by atoms with E-state index < -0.39 is 36.4 Å². The van der Waals surface area contributed by atoms with E-state index in [1.165, 1.54) is 0 Å². The Morgan fingerprint density at radius 3 is 2.33 bits per heavy atom. The van der Waals surface area contributed by atoms with Gasteiger partial charge in [-0.05, 0) is 6.07 Å². The molecule has 1 aromatic carbocycles. The number of phenolic OH excluding ortho intramolecular Hbond substituents is 1. The third kappa shape index (κ3) is 2.17. The molecule has 7 nitrogen and oxygen atoms in total. The SMILES string of the molecule is O=[N+]([O-])c1ccc(O)c(Cl)c1S(=O)(=O)O. The largest absolute Gasteiger partial charge is 0.506 e. The summed E-state index contributed by atoms with van der Waals surface area (Å²) in [6.07, 6.45) is 0. The van der Waals surface area contributed by atoms with Crippen molar-refractivity contribution in [1.82, 2.24) is 0 Å². The van der Waals surface area contributed by atoms with Gasteiger partial charge >= 0.3 is 10.1 Å². The number of phenols is 1. The number of aromatic hydroxyl groups is 1. The second-order valence-corrected chi connectivity index (χ2v) is 4.22. The van der Waals surface area contributed by atoms with Crippen LogP contribution < -0.4 is 0 Å². The van der Waals surface area contributed by atoms with Gasteiger partial charge in [0.1, 0.15) is 10.8 Å². The zero-order valence-corrected chi connectivity index (χ0v) is 8.49. The molecule has 0 aliphatic carbocycles. The van der Waals surface area contributed by atoms with Gasteiger partial charge in [0, 0.05) is 6.07 Å². The van der Waals surface area contributed by atoms with Crippen molar-refractivity contribution in [2.45, 2.75) is 4.90 Å². The van der Waals surface area contributed by atoms with Crippen molar-refractivity contribution in [3.63, 3.8) is 0 Å². The van der Waals surface area contributed by atoms with Crippen LogP contribution in [0.5, 0.6) is 5.75 Å². The monoisotopic (exact) mass is 253 g/mol. The molecule has 0 radical (unpaired) electrons. The van der Waals surface area contributed by atoms with Gasteiger partial charge in [-0.15, -0.1) is 0 Å². The third-order valence-electron chi connectivity index (χ3n) is 1.51. The molecule has 0 saturated heterocycles. The van der Waals surface area contributed by atoms with Crippen LogP contribution in [0.2, 0.25) is 5.02 Å². The Labute approximate surface area is 88.8 Å². The van der Waals surface area contributed by atoms with E-state index in [1.807, 2.05) is 0 Å².